The van der Waals surface area contributed by atoms with Crippen LogP contribution in [0, 0.1) is 10.1 Å². The third-order valence-corrected chi connectivity index (χ3v) is 2.99. The van der Waals surface area contributed by atoms with E-state index in [0.717, 1.165) is 31.2 Å². The molecular weight excluding hydrogens is 228 g/mol. The summed E-state index contributed by atoms with van der Waals surface area (Å²) in [5.41, 5.74) is 1.14. The van der Waals surface area contributed by atoms with Gasteiger partial charge in [0, 0.05) is 24.7 Å². The monoisotopic (exact) mass is 250 g/mol. The third kappa shape index (κ3) is 4.84. The third-order valence-electron chi connectivity index (χ3n) is 2.99. The van der Waals surface area contributed by atoms with Crippen LogP contribution in [0.4, 0.5) is 5.69 Å². The topological polar surface area (TPSA) is 55.2 Å². The molecule has 0 aliphatic carbocycles. The normalized spacial score (nSPS) is 10.8. The van der Waals surface area contributed by atoms with Crippen molar-refractivity contribution >= 4 is 5.69 Å². The van der Waals surface area contributed by atoms with Crippen LogP contribution in [-0.2, 0) is 6.54 Å². The molecule has 0 aliphatic heterocycles. The fourth-order valence-electron chi connectivity index (χ4n) is 2.09. The fraction of sp³-hybridized carbons (Fsp3) is 0.571. The van der Waals surface area contributed by atoms with E-state index >= 15 is 0 Å². The minimum Gasteiger partial charge on any atom is -0.310 e. The van der Waals surface area contributed by atoms with Crippen molar-refractivity contribution in [2.45, 2.75) is 52.1 Å². The van der Waals surface area contributed by atoms with E-state index in [9.17, 15) is 10.1 Å². The van der Waals surface area contributed by atoms with Crippen LogP contribution in [0.25, 0.3) is 0 Å². The molecule has 0 unspecified atom stereocenters. The summed E-state index contributed by atoms with van der Waals surface area (Å²) >= 11 is 0. The Morgan fingerprint density at radius 1 is 1.28 bits per heavy atom. The maximum atomic E-state index is 10.7. The van der Waals surface area contributed by atoms with Gasteiger partial charge in [-0.15, -0.1) is 0 Å². The second-order valence-corrected chi connectivity index (χ2v) is 4.58. The lowest BCUT2D eigenvalue weighted by Crippen LogP contribution is -2.28. The van der Waals surface area contributed by atoms with Crippen molar-refractivity contribution in [1.29, 1.82) is 0 Å². The molecular formula is C14H22N2O2. The largest absolute Gasteiger partial charge is 0.310 e. The van der Waals surface area contributed by atoms with E-state index < -0.39 is 0 Å². The van der Waals surface area contributed by atoms with E-state index in [1.807, 2.05) is 6.07 Å². The highest BCUT2D eigenvalue weighted by Gasteiger charge is 2.08. The highest BCUT2D eigenvalue weighted by atomic mass is 16.6. The Hall–Kier alpha value is -1.42. The Morgan fingerprint density at radius 2 is 1.94 bits per heavy atom. The summed E-state index contributed by atoms with van der Waals surface area (Å²) in [5, 5.41) is 14.2. The Balaban J connectivity index is 2.55. The molecule has 0 spiro atoms. The standard InChI is InChI=1S/C14H22N2O2/c1-3-6-13(7-4-2)15-11-12-8-5-9-14(10-12)16(17)18/h5,8-10,13,15H,3-4,6-7,11H2,1-2H3. The van der Waals surface area contributed by atoms with Gasteiger partial charge in [0.1, 0.15) is 0 Å². The number of benzene rings is 1. The second-order valence-electron chi connectivity index (χ2n) is 4.58. The molecule has 0 radical (unpaired) electrons. The van der Waals surface area contributed by atoms with Crippen LogP contribution >= 0.6 is 0 Å². The summed E-state index contributed by atoms with van der Waals surface area (Å²) in [6, 6.07) is 7.35. The summed E-state index contributed by atoms with van der Waals surface area (Å²) in [6.45, 7) is 5.06. The summed E-state index contributed by atoms with van der Waals surface area (Å²) in [7, 11) is 0. The van der Waals surface area contributed by atoms with E-state index in [-0.39, 0.29) is 10.6 Å². The molecule has 4 nitrogen and oxygen atoms in total. The minimum atomic E-state index is -0.348. The van der Waals surface area contributed by atoms with Crippen LogP contribution in [0.1, 0.15) is 45.1 Å². The van der Waals surface area contributed by atoms with Crippen LogP contribution in [0.2, 0.25) is 0 Å². The fourth-order valence-corrected chi connectivity index (χ4v) is 2.09. The van der Waals surface area contributed by atoms with Crippen LogP contribution in [0.15, 0.2) is 24.3 Å². The number of nitrogens with zero attached hydrogens (tertiary/aromatic N) is 1. The molecule has 0 fully saturated rings. The van der Waals surface area contributed by atoms with Gasteiger partial charge in [0.25, 0.3) is 5.69 Å². The minimum absolute atomic E-state index is 0.164. The molecule has 0 aromatic heterocycles. The first kappa shape index (κ1) is 14.6. The highest BCUT2D eigenvalue weighted by molar-refractivity contribution is 5.34. The predicted octanol–water partition coefficient (Wildman–Crippen LogP) is 3.65. The highest BCUT2D eigenvalue weighted by Crippen LogP contribution is 2.13. The Kier molecular flexibility index (Phi) is 6.36. The molecule has 18 heavy (non-hydrogen) atoms. The van der Waals surface area contributed by atoms with Gasteiger partial charge in [0.15, 0.2) is 0 Å². The molecule has 0 atom stereocenters. The van der Waals surface area contributed by atoms with Crippen LogP contribution < -0.4 is 5.32 Å². The first-order valence-electron chi connectivity index (χ1n) is 6.64. The maximum Gasteiger partial charge on any atom is 0.269 e. The van der Waals surface area contributed by atoms with E-state index in [2.05, 4.69) is 19.2 Å². The van der Waals surface area contributed by atoms with Crippen LogP contribution in [-0.4, -0.2) is 11.0 Å². The van der Waals surface area contributed by atoms with Gasteiger partial charge in [-0.2, -0.15) is 0 Å². The molecule has 0 aliphatic rings. The Morgan fingerprint density at radius 3 is 2.50 bits per heavy atom. The Labute approximate surface area is 109 Å². The molecule has 0 saturated carbocycles. The molecule has 1 rings (SSSR count). The number of nitrogens with one attached hydrogen (secondary N) is 1. The molecule has 1 N–H and O–H groups in total. The molecule has 1 aromatic rings. The molecule has 0 bridgehead atoms. The SMILES string of the molecule is CCCC(CCC)NCc1cccc([N+](=O)[O-])c1. The van der Waals surface area contributed by atoms with Gasteiger partial charge in [0.2, 0.25) is 0 Å². The van der Waals surface area contributed by atoms with E-state index in [0.29, 0.717) is 12.6 Å². The van der Waals surface area contributed by atoms with Gasteiger partial charge in [0.05, 0.1) is 4.92 Å². The van der Waals surface area contributed by atoms with E-state index in [1.54, 1.807) is 12.1 Å². The first-order chi connectivity index (χ1) is 8.67. The summed E-state index contributed by atoms with van der Waals surface area (Å²) in [5.74, 6) is 0. The van der Waals surface area contributed by atoms with Crippen molar-refractivity contribution < 1.29 is 4.92 Å². The number of hydrogen-bond donors (Lipinski definition) is 1. The lowest BCUT2D eigenvalue weighted by Gasteiger charge is -2.17. The predicted molar refractivity (Wildman–Crippen MR) is 73.5 cm³/mol. The lowest BCUT2D eigenvalue weighted by atomic mass is 10.1. The van der Waals surface area contributed by atoms with Gasteiger partial charge in [-0.1, -0.05) is 38.8 Å². The van der Waals surface area contributed by atoms with Gasteiger partial charge in [-0.3, -0.25) is 10.1 Å². The van der Waals surface area contributed by atoms with Gasteiger partial charge in [-0.25, -0.2) is 0 Å². The quantitative estimate of drug-likeness (QED) is 0.566. The van der Waals surface area contributed by atoms with Crippen molar-refractivity contribution in [3.05, 3.63) is 39.9 Å². The summed E-state index contributed by atoms with van der Waals surface area (Å²) in [6.07, 6.45) is 4.63. The average Bonchev–Trinajstić information content (AvgIpc) is 2.37. The molecule has 1 aromatic carbocycles. The molecule has 4 heteroatoms. The van der Waals surface area contributed by atoms with Crippen molar-refractivity contribution in [2.24, 2.45) is 0 Å². The number of nitro groups is 1. The van der Waals surface area contributed by atoms with Gasteiger partial charge < -0.3 is 5.32 Å². The number of nitro benzene ring substituents is 1. The number of rotatable bonds is 8. The summed E-state index contributed by atoms with van der Waals surface area (Å²) in [4.78, 5) is 10.3. The summed E-state index contributed by atoms with van der Waals surface area (Å²) < 4.78 is 0. The molecule has 0 amide bonds. The van der Waals surface area contributed by atoms with Gasteiger partial charge >= 0.3 is 0 Å². The van der Waals surface area contributed by atoms with Crippen molar-refractivity contribution in [3.63, 3.8) is 0 Å². The average molecular weight is 250 g/mol. The maximum absolute atomic E-state index is 10.7. The zero-order valence-electron chi connectivity index (χ0n) is 11.2. The van der Waals surface area contributed by atoms with Crippen LogP contribution in [0.3, 0.4) is 0 Å². The number of hydrogen-bond acceptors (Lipinski definition) is 3. The van der Waals surface area contributed by atoms with E-state index in [1.165, 1.54) is 6.07 Å². The van der Waals surface area contributed by atoms with Gasteiger partial charge in [-0.05, 0) is 18.4 Å². The Bertz CT molecular complexity index is 374. The second kappa shape index (κ2) is 7.82. The lowest BCUT2D eigenvalue weighted by molar-refractivity contribution is -0.384. The van der Waals surface area contributed by atoms with E-state index in [4.69, 9.17) is 0 Å². The zero-order chi connectivity index (χ0) is 13.4. The smallest absolute Gasteiger partial charge is 0.269 e. The van der Waals surface area contributed by atoms with Crippen molar-refractivity contribution in [1.82, 2.24) is 5.32 Å². The molecule has 0 saturated heterocycles. The molecule has 0 heterocycles. The van der Waals surface area contributed by atoms with Crippen molar-refractivity contribution in [3.8, 4) is 0 Å². The number of non-ortho nitro benzene ring substituents is 1. The van der Waals surface area contributed by atoms with Crippen molar-refractivity contribution in [2.75, 3.05) is 0 Å². The van der Waals surface area contributed by atoms with Crippen LogP contribution in [0.5, 0.6) is 0 Å². The first-order valence-corrected chi connectivity index (χ1v) is 6.64. The zero-order valence-corrected chi connectivity index (χ0v) is 11.2. The molecule has 100 valence electrons.